The Morgan fingerprint density at radius 2 is 2.25 bits per heavy atom. The Hall–Kier alpha value is -1.08. The van der Waals surface area contributed by atoms with Gasteiger partial charge in [0, 0.05) is 7.11 Å². The van der Waals surface area contributed by atoms with E-state index in [9.17, 15) is 0 Å². The summed E-state index contributed by atoms with van der Waals surface area (Å²) >= 11 is 0. The summed E-state index contributed by atoms with van der Waals surface area (Å²) in [5.74, 6) is 0. The zero-order chi connectivity index (χ0) is 8.97. The van der Waals surface area contributed by atoms with E-state index >= 15 is 0 Å². The molecule has 0 fully saturated rings. The van der Waals surface area contributed by atoms with E-state index in [4.69, 9.17) is 4.74 Å². The summed E-state index contributed by atoms with van der Waals surface area (Å²) < 4.78 is 5.03. The van der Waals surface area contributed by atoms with Crippen molar-refractivity contribution in [1.29, 1.82) is 0 Å². The van der Waals surface area contributed by atoms with Crippen LogP contribution < -0.4 is 0 Å². The topological polar surface area (TPSA) is 9.23 Å². The predicted molar refractivity (Wildman–Crippen MR) is 51.9 cm³/mol. The van der Waals surface area contributed by atoms with Gasteiger partial charge in [-0.2, -0.15) is 0 Å². The highest BCUT2D eigenvalue weighted by atomic mass is 16.5. The first kappa shape index (κ1) is 9.01. The molecular weight excluding hydrogens is 148 g/mol. The molecule has 0 N–H and O–H groups in total. The van der Waals surface area contributed by atoms with Gasteiger partial charge >= 0.3 is 0 Å². The van der Waals surface area contributed by atoms with Gasteiger partial charge in [-0.25, -0.2) is 0 Å². The summed E-state index contributed by atoms with van der Waals surface area (Å²) in [7, 11) is 1.70. The van der Waals surface area contributed by atoms with Crippen molar-refractivity contribution in [2.75, 3.05) is 7.11 Å². The van der Waals surface area contributed by atoms with Crippen LogP contribution in [0, 0.1) is 0 Å². The second-order valence-electron chi connectivity index (χ2n) is 2.91. The molecule has 0 aliphatic heterocycles. The van der Waals surface area contributed by atoms with Gasteiger partial charge in [0.05, 0.1) is 6.61 Å². The molecule has 64 valence electrons. The Kier molecular flexibility index (Phi) is 3.06. The molecule has 1 aromatic rings. The summed E-state index contributed by atoms with van der Waals surface area (Å²) in [4.78, 5) is 0. The number of methoxy groups -OCH3 is 1. The smallest absolute Gasteiger partial charge is 0.0713 e. The largest absolute Gasteiger partial charge is 0.380 e. The number of rotatable bonds is 3. The minimum atomic E-state index is 0.668. The van der Waals surface area contributed by atoms with Gasteiger partial charge < -0.3 is 4.74 Å². The normalized spacial score (nSPS) is 9.83. The minimum absolute atomic E-state index is 0.668. The minimum Gasteiger partial charge on any atom is -0.380 e. The fraction of sp³-hybridized carbons (Fsp3) is 0.273. The molecular formula is C11H14O. The molecule has 0 radical (unpaired) electrons. The van der Waals surface area contributed by atoms with Crippen molar-refractivity contribution in [3.63, 3.8) is 0 Å². The molecule has 0 spiro atoms. The van der Waals surface area contributed by atoms with Crippen molar-refractivity contribution < 1.29 is 4.74 Å². The molecule has 0 bridgehead atoms. The average molecular weight is 162 g/mol. The molecule has 12 heavy (non-hydrogen) atoms. The van der Waals surface area contributed by atoms with Gasteiger partial charge in [0.1, 0.15) is 0 Å². The molecule has 0 saturated carbocycles. The van der Waals surface area contributed by atoms with Crippen molar-refractivity contribution >= 4 is 5.57 Å². The van der Waals surface area contributed by atoms with Gasteiger partial charge in [-0.1, -0.05) is 30.4 Å². The number of hydrogen-bond donors (Lipinski definition) is 0. The van der Waals surface area contributed by atoms with E-state index < -0.39 is 0 Å². The van der Waals surface area contributed by atoms with E-state index in [2.05, 4.69) is 24.8 Å². The molecule has 0 saturated heterocycles. The van der Waals surface area contributed by atoms with Crippen molar-refractivity contribution in [2.45, 2.75) is 13.5 Å². The molecule has 0 heterocycles. The van der Waals surface area contributed by atoms with Crippen molar-refractivity contribution in [3.05, 3.63) is 42.0 Å². The quantitative estimate of drug-likeness (QED) is 0.664. The van der Waals surface area contributed by atoms with Gasteiger partial charge in [0.15, 0.2) is 0 Å². The second-order valence-corrected chi connectivity index (χ2v) is 2.91. The zero-order valence-corrected chi connectivity index (χ0v) is 7.63. The van der Waals surface area contributed by atoms with Crippen LogP contribution in [0.2, 0.25) is 0 Å². The first-order valence-electron chi connectivity index (χ1n) is 3.98. The van der Waals surface area contributed by atoms with Crippen molar-refractivity contribution in [1.82, 2.24) is 0 Å². The molecule has 1 aromatic carbocycles. The number of benzene rings is 1. The van der Waals surface area contributed by atoms with Gasteiger partial charge in [0.25, 0.3) is 0 Å². The molecule has 1 rings (SSSR count). The fourth-order valence-corrected chi connectivity index (χ4v) is 1.09. The predicted octanol–water partition coefficient (Wildman–Crippen LogP) is 2.87. The lowest BCUT2D eigenvalue weighted by atomic mass is 10.1. The first-order chi connectivity index (χ1) is 5.74. The van der Waals surface area contributed by atoms with Crippen LogP contribution in [0.3, 0.4) is 0 Å². The number of allylic oxidation sites excluding steroid dienone is 1. The molecule has 0 amide bonds. The third-order valence-corrected chi connectivity index (χ3v) is 1.73. The Labute approximate surface area is 73.7 Å². The monoisotopic (exact) mass is 162 g/mol. The van der Waals surface area contributed by atoms with Crippen LogP contribution in [0.15, 0.2) is 30.8 Å². The van der Waals surface area contributed by atoms with Crippen LogP contribution >= 0.6 is 0 Å². The highest BCUT2D eigenvalue weighted by molar-refractivity contribution is 5.61. The van der Waals surface area contributed by atoms with Gasteiger partial charge in [-0.05, 0) is 24.1 Å². The molecule has 0 aliphatic rings. The van der Waals surface area contributed by atoms with Crippen molar-refractivity contribution in [3.8, 4) is 0 Å². The number of hydrogen-bond acceptors (Lipinski definition) is 1. The zero-order valence-electron chi connectivity index (χ0n) is 7.63. The SMILES string of the molecule is C=C(C)c1cccc(COC)c1. The summed E-state index contributed by atoms with van der Waals surface area (Å²) in [6.07, 6.45) is 0. The average Bonchev–Trinajstić information content (AvgIpc) is 2.05. The van der Waals surface area contributed by atoms with Crippen LogP contribution in [0.25, 0.3) is 5.57 Å². The highest BCUT2D eigenvalue weighted by Gasteiger charge is 1.94. The second kappa shape index (κ2) is 4.07. The van der Waals surface area contributed by atoms with E-state index in [0.717, 1.165) is 5.57 Å². The summed E-state index contributed by atoms with van der Waals surface area (Å²) in [5.41, 5.74) is 3.47. The van der Waals surface area contributed by atoms with E-state index in [1.807, 2.05) is 13.0 Å². The molecule has 0 atom stereocenters. The summed E-state index contributed by atoms with van der Waals surface area (Å²) in [5, 5.41) is 0. The fourth-order valence-electron chi connectivity index (χ4n) is 1.09. The first-order valence-corrected chi connectivity index (χ1v) is 3.98. The van der Waals surface area contributed by atoms with E-state index in [1.165, 1.54) is 11.1 Å². The maximum atomic E-state index is 5.03. The summed E-state index contributed by atoms with van der Waals surface area (Å²) in [6, 6.07) is 8.24. The van der Waals surface area contributed by atoms with Crippen LogP contribution in [0.5, 0.6) is 0 Å². The molecule has 0 aromatic heterocycles. The Morgan fingerprint density at radius 1 is 1.50 bits per heavy atom. The Morgan fingerprint density at radius 3 is 2.83 bits per heavy atom. The van der Waals surface area contributed by atoms with E-state index in [-0.39, 0.29) is 0 Å². The lowest BCUT2D eigenvalue weighted by Crippen LogP contribution is -1.88. The maximum absolute atomic E-state index is 5.03. The van der Waals surface area contributed by atoms with Gasteiger partial charge in [-0.3, -0.25) is 0 Å². The highest BCUT2D eigenvalue weighted by Crippen LogP contribution is 2.13. The molecule has 0 aliphatic carbocycles. The van der Waals surface area contributed by atoms with Gasteiger partial charge in [-0.15, -0.1) is 0 Å². The molecule has 0 unspecified atom stereocenters. The lowest BCUT2D eigenvalue weighted by molar-refractivity contribution is 0.185. The number of ether oxygens (including phenoxy) is 1. The van der Waals surface area contributed by atoms with Crippen LogP contribution in [0.4, 0.5) is 0 Å². The maximum Gasteiger partial charge on any atom is 0.0713 e. The van der Waals surface area contributed by atoms with Gasteiger partial charge in [0.2, 0.25) is 0 Å². The van der Waals surface area contributed by atoms with Crippen LogP contribution in [-0.4, -0.2) is 7.11 Å². The third-order valence-electron chi connectivity index (χ3n) is 1.73. The lowest BCUT2D eigenvalue weighted by Gasteiger charge is -2.03. The van der Waals surface area contributed by atoms with E-state index in [0.29, 0.717) is 6.61 Å². The summed E-state index contributed by atoms with van der Waals surface area (Å²) in [6.45, 7) is 6.56. The molecule has 1 nitrogen and oxygen atoms in total. The van der Waals surface area contributed by atoms with Crippen LogP contribution in [0.1, 0.15) is 18.1 Å². The third kappa shape index (κ3) is 2.21. The van der Waals surface area contributed by atoms with E-state index in [1.54, 1.807) is 7.11 Å². The molecule has 1 heteroatoms. The van der Waals surface area contributed by atoms with Crippen LogP contribution in [-0.2, 0) is 11.3 Å². The van der Waals surface area contributed by atoms with Crippen molar-refractivity contribution in [2.24, 2.45) is 0 Å². The Balaban J connectivity index is 2.88. The standard InChI is InChI=1S/C11H14O/c1-9(2)11-6-4-5-10(7-11)8-12-3/h4-7H,1,8H2,2-3H3. The Bertz CT molecular complexity index is 276.